The largest absolute Gasteiger partial charge is 0.280 e. The first-order chi connectivity index (χ1) is 11.6. The summed E-state index contributed by atoms with van der Waals surface area (Å²) in [4.78, 5) is 17.4. The van der Waals surface area contributed by atoms with Crippen LogP contribution in [0, 0.1) is 0 Å². The second-order valence-corrected chi connectivity index (χ2v) is 7.61. The molecule has 0 spiro atoms. The molecule has 0 aromatic carbocycles. The van der Waals surface area contributed by atoms with Crippen molar-refractivity contribution in [1.29, 1.82) is 0 Å². The van der Waals surface area contributed by atoms with Gasteiger partial charge in [0.05, 0.1) is 5.69 Å². The molecule has 0 unspecified atom stereocenters. The van der Waals surface area contributed by atoms with Gasteiger partial charge in [-0.25, -0.2) is 28.7 Å². The van der Waals surface area contributed by atoms with Crippen LogP contribution >= 0.6 is 0 Å². The zero-order valence-corrected chi connectivity index (χ0v) is 15.7. The Hall–Kier alpha value is -1.98. The van der Waals surface area contributed by atoms with E-state index in [-0.39, 0.29) is 22.9 Å². The van der Waals surface area contributed by atoms with Crippen LogP contribution < -0.4 is 0 Å². The predicted molar refractivity (Wildman–Crippen MR) is 93.9 cm³/mol. The van der Waals surface area contributed by atoms with E-state index in [1.54, 1.807) is 6.20 Å². The van der Waals surface area contributed by atoms with Gasteiger partial charge in [0.2, 0.25) is 0 Å². The van der Waals surface area contributed by atoms with Crippen molar-refractivity contribution in [2.24, 2.45) is 0 Å². The molecule has 0 atom stereocenters. The number of halogens is 2. The minimum absolute atomic E-state index is 0.00726. The standard InChI is InChI=1S/C19H26F2N4/c1-11(2)17-22-8-7-15(25-17)19(5,6)10-13-9-14(16(20)21)24-18(23-13)12(3)4/h7-9,11-12,16H,10H2,1-6H3. The molecular formula is C19H26F2N4. The summed E-state index contributed by atoms with van der Waals surface area (Å²) in [6, 6.07) is 3.29. The minimum Gasteiger partial charge on any atom is -0.241 e. The fourth-order valence-electron chi connectivity index (χ4n) is 2.57. The van der Waals surface area contributed by atoms with Gasteiger partial charge in [0.1, 0.15) is 17.3 Å². The van der Waals surface area contributed by atoms with E-state index in [0.717, 1.165) is 11.5 Å². The molecule has 25 heavy (non-hydrogen) atoms. The summed E-state index contributed by atoms with van der Waals surface area (Å²) in [5.74, 6) is 1.46. The minimum atomic E-state index is -2.60. The van der Waals surface area contributed by atoms with Gasteiger partial charge in [-0.05, 0) is 12.1 Å². The monoisotopic (exact) mass is 348 g/mol. The molecule has 2 heterocycles. The third-order valence-electron chi connectivity index (χ3n) is 4.06. The normalized spacial score (nSPS) is 12.4. The van der Waals surface area contributed by atoms with E-state index in [4.69, 9.17) is 0 Å². The Morgan fingerprint density at radius 2 is 1.60 bits per heavy atom. The number of alkyl halides is 2. The Kier molecular flexibility index (Phi) is 5.80. The van der Waals surface area contributed by atoms with Crippen LogP contribution in [-0.2, 0) is 11.8 Å². The lowest BCUT2D eigenvalue weighted by Crippen LogP contribution is -2.24. The van der Waals surface area contributed by atoms with E-state index in [9.17, 15) is 8.78 Å². The molecule has 2 aromatic heterocycles. The Balaban J connectivity index is 2.38. The molecule has 0 radical (unpaired) electrons. The van der Waals surface area contributed by atoms with Crippen LogP contribution in [-0.4, -0.2) is 19.9 Å². The van der Waals surface area contributed by atoms with Gasteiger partial charge in [0, 0.05) is 35.6 Å². The van der Waals surface area contributed by atoms with Crippen LogP contribution in [0.1, 0.15) is 88.5 Å². The van der Waals surface area contributed by atoms with Crippen LogP contribution in [0.25, 0.3) is 0 Å². The van der Waals surface area contributed by atoms with Crippen LogP contribution in [0.2, 0.25) is 0 Å². The van der Waals surface area contributed by atoms with E-state index in [1.165, 1.54) is 6.07 Å². The maximum atomic E-state index is 13.2. The SMILES string of the molecule is CC(C)c1nc(CC(C)(C)c2ccnc(C(C)C)n2)cc(C(F)F)n1. The topological polar surface area (TPSA) is 51.6 Å². The summed E-state index contributed by atoms with van der Waals surface area (Å²) in [5, 5.41) is 0. The molecule has 0 aliphatic carbocycles. The summed E-state index contributed by atoms with van der Waals surface area (Å²) >= 11 is 0. The molecule has 2 aromatic rings. The van der Waals surface area contributed by atoms with E-state index in [0.29, 0.717) is 17.9 Å². The van der Waals surface area contributed by atoms with E-state index in [1.807, 2.05) is 47.6 Å². The Morgan fingerprint density at radius 1 is 0.960 bits per heavy atom. The van der Waals surface area contributed by atoms with Gasteiger partial charge in [-0.1, -0.05) is 41.5 Å². The van der Waals surface area contributed by atoms with Gasteiger partial charge in [0.15, 0.2) is 0 Å². The van der Waals surface area contributed by atoms with Crippen molar-refractivity contribution >= 4 is 0 Å². The van der Waals surface area contributed by atoms with Gasteiger partial charge in [-0.15, -0.1) is 0 Å². The van der Waals surface area contributed by atoms with Crippen molar-refractivity contribution in [1.82, 2.24) is 19.9 Å². The zero-order chi connectivity index (χ0) is 18.8. The lowest BCUT2D eigenvalue weighted by molar-refractivity contribution is 0.145. The fourth-order valence-corrected chi connectivity index (χ4v) is 2.57. The fraction of sp³-hybridized carbons (Fsp3) is 0.579. The average Bonchev–Trinajstić information content (AvgIpc) is 2.54. The number of hydrogen-bond acceptors (Lipinski definition) is 4. The van der Waals surface area contributed by atoms with Gasteiger partial charge in [-0.3, -0.25) is 0 Å². The molecule has 0 aliphatic rings. The summed E-state index contributed by atoms with van der Waals surface area (Å²) in [6.07, 6.45) is -0.346. The van der Waals surface area contributed by atoms with Crippen molar-refractivity contribution in [3.63, 3.8) is 0 Å². The first-order valence-corrected chi connectivity index (χ1v) is 8.59. The molecule has 0 saturated heterocycles. The van der Waals surface area contributed by atoms with Crippen molar-refractivity contribution in [3.05, 3.63) is 47.1 Å². The van der Waals surface area contributed by atoms with Gasteiger partial charge in [0.25, 0.3) is 6.43 Å². The maximum Gasteiger partial charge on any atom is 0.280 e. The van der Waals surface area contributed by atoms with Crippen molar-refractivity contribution in [3.8, 4) is 0 Å². The van der Waals surface area contributed by atoms with Crippen molar-refractivity contribution in [2.75, 3.05) is 0 Å². The average molecular weight is 348 g/mol. The molecule has 136 valence electrons. The molecule has 4 nitrogen and oxygen atoms in total. The quantitative estimate of drug-likeness (QED) is 0.739. The maximum absolute atomic E-state index is 13.2. The third-order valence-corrected chi connectivity index (χ3v) is 4.06. The summed E-state index contributed by atoms with van der Waals surface area (Å²) < 4.78 is 26.4. The molecule has 0 aliphatic heterocycles. The van der Waals surface area contributed by atoms with Gasteiger partial charge < -0.3 is 0 Å². The third kappa shape index (κ3) is 4.77. The van der Waals surface area contributed by atoms with Gasteiger partial charge >= 0.3 is 0 Å². The predicted octanol–water partition coefficient (Wildman–Crippen LogP) is 4.97. The highest BCUT2D eigenvalue weighted by atomic mass is 19.3. The lowest BCUT2D eigenvalue weighted by atomic mass is 9.83. The second-order valence-electron chi connectivity index (χ2n) is 7.61. The summed E-state index contributed by atoms with van der Waals surface area (Å²) in [5.41, 5.74) is 0.933. The molecule has 0 N–H and O–H groups in total. The van der Waals surface area contributed by atoms with Crippen molar-refractivity contribution < 1.29 is 8.78 Å². The highest BCUT2D eigenvalue weighted by molar-refractivity contribution is 5.22. The van der Waals surface area contributed by atoms with Crippen LogP contribution in [0.3, 0.4) is 0 Å². The highest BCUT2D eigenvalue weighted by Crippen LogP contribution is 2.28. The number of nitrogens with zero attached hydrogens (tertiary/aromatic N) is 4. The lowest BCUT2D eigenvalue weighted by Gasteiger charge is -2.25. The molecule has 0 saturated carbocycles. The Bertz CT molecular complexity index is 701. The number of hydrogen-bond donors (Lipinski definition) is 0. The molecule has 0 fully saturated rings. The smallest absolute Gasteiger partial charge is 0.241 e. The zero-order valence-electron chi connectivity index (χ0n) is 15.7. The van der Waals surface area contributed by atoms with Gasteiger partial charge in [-0.2, -0.15) is 0 Å². The van der Waals surface area contributed by atoms with Crippen LogP contribution in [0.5, 0.6) is 0 Å². The Morgan fingerprint density at radius 3 is 2.16 bits per heavy atom. The van der Waals surface area contributed by atoms with E-state index < -0.39 is 6.43 Å². The molecular weight excluding hydrogens is 322 g/mol. The number of rotatable bonds is 6. The van der Waals surface area contributed by atoms with Crippen molar-refractivity contribution in [2.45, 2.75) is 71.6 Å². The molecule has 0 bridgehead atoms. The highest BCUT2D eigenvalue weighted by Gasteiger charge is 2.26. The summed E-state index contributed by atoms with van der Waals surface area (Å²) in [7, 11) is 0. The molecule has 2 rings (SSSR count). The Labute approximate surface area is 148 Å². The van der Waals surface area contributed by atoms with E-state index >= 15 is 0 Å². The summed E-state index contributed by atoms with van der Waals surface area (Å²) in [6.45, 7) is 12.0. The molecule has 0 amide bonds. The van der Waals surface area contributed by atoms with Crippen LogP contribution in [0.4, 0.5) is 8.78 Å². The van der Waals surface area contributed by atoms with E-state index in [2.05, 4.69) is 19.9 Å². The first kappa shape index (κ1) is 19.3. The van der Waals surface area contributed by atoms with Crippen LogP contribution in [0.15, 0.2) is 18.3 Å². The second kappa shape index (κ2) is 7.50. The number of aromatic nitrogens is 4. The molecule has 6 heteroatoms. The first-order valence-electron chi connectivity index (χ1n) is 8.59.